The van der Waals surface area contributed by atoms with Gasteiger partial charge < -0.3 is 15.3 Å². The van der Waals surface area contributed by atoms with E-state index < -0.39 is 0 Å². The van der Waals surface area contributed by atoms with Crippen LogP contribution in [-0.2, 0) is 0 Å². The molecule has 1 aliphatic heterocycles. The normalized spacial score (nSPS) is 27.5. The van der Waals surface area contributed by atoms with E-state index in [1.807, 2.05) is 0 Å². The van der Waals surface area contributed by atoms with Crippen molar-refractivity contribution < 1.29 is 9.90 Å². The molecule has 2 amide bonds. The second-order valence-corrected chi connectivity index (χ2v) is 4.25. The lowest BCUT2D eigenvalue weighted by molar-refractivity contribution is 0.108. The number of nitrogens with one attached hydrogen (secondary N) is 1. The molecule has 1 saturated carbocycles. The Balaban J connectivity index is 1.87. The van der Waals surface area contributed by atoms with E-state index in [-0.39, 0.29) is 18.7 Å². The highest BCUT2D eigenvalue weighted by Crippen LogP contribution is 2.21. The minimum Gasteiger partial charge on any atom is -0.394 e. The minimum absolute atomic E-state index is 0.0197. The number of carbonyl (C=O) groups excluding carboxylic acids is 1. The van der Waals surface area contributed by atoms with E-state index >= 15 is 0 Å². The zero-order valence-electron chi connectivity index (χ0n) is 8.41. The molecular weight excluding hydrogens is 180 g/mol. The molecule has 1 unspecified atom stereocenters. The Morgan fingerprint density at radius 2 is 2.14 bits per heavy atom. The van der Waals surface area contributed by atoms with Gasteiger partial charge in [-0.1, -0.05) is 0 Å². The Bertz CT molecular complexity index is 216. The standard InChI is InChI=1S/C10H18N2O2/c13-7-9-3-1-2-6-12(9)10(14)11-8-4-5-8/h8-9,13H,1-7H2,(H,11,14). The molecule has 2 N–H and O–H groups in total. The van der Waals surface area contributed by atoms with Gasteiger partial charge in [0.1, 0.15) is 0 Å². The van der Waals surface area contributed by atoms with E-state index in [9.17, 15) is 4.79 Å². The van der Waals surface area contributed by atoms with Crippen molar-refractivity contribution in [1.29, 1.82) is 0 Å². The number of rotatable bonds is 2. The molecule has 0 aromatic rings. The van der Waals surface area contributed by atoms with Crippen molar-refractivity contribution in [2.45, 2.75) is 44.2 Å². The zero-order valence-corrected chi connectivity index (χ0v) is 8.41. The van der Waals surface area contributed by atoms with Crippen LogP contribution in [0.3, 0.4) is 0 Å². The van der Waals surface area contributed by atoms with Gasteiger partial charge in [-0.15, -0.1) is 0 Å². The van der Waals surface area contributed by atoms with Crippen LogP contribution in [0.25, 0.3) is 0 Å². The Morgan fingerprint density at radius 1 is 1.36 bits per heavy atom. The van der Waals surface area contributed by atoms with Gasteiger partial charge in [-0.25, -0.2) is 4.79 Å². The molecule has 0 aromatic carbocycles. The van der Waals surface area contributed by atoms with Crippen LogP contribution in [0.5, 0.6) is 0 Å². The molecule has 4 heteroatoms. The van der Waals surface area contributed by atoms with Crippen LogP contribution in [0.15, 0.2) is 0 Å². The highest BCUT2D eigenvalue weighted by molar-refractivity contribution is 5.75. The average Bonchev–Trinajstić information content (AvgIpc) is 3.01. The highest BCUT2D eigenvalue weighted by atomic mass is 16.3. The summed E-state index contributed by atoms with van der Waals surface area (Å²) >= 11 is 0. The van der Waals surface area contributed by atoms with Crippen LogP contribution in [0.1, 0.15) is 32.1 Å². The summed E-state index contributed by atoms with van der Waals surface area (Å²) in [7, 11) is 0. The molecule has 4 nitrogen and oxygen atoms in total. The van der Waals surface area contributed by atoms with Gasteiger partial charge in [0.05, 0.1) is 12.6 Å². The molecule has 1 aliphatic carbocycles. The van der Waals surface area contributed by atoms with Crippen LogP contribution in [-0.4, -0.2) is 41.3 Å². The number of amides is 2. The summed E-state index contributed by atoms with van der Waals surface area (Å²) < 4.78 is 0. The molecule has 1 atom stereocenters. The third kappa shape index (κ3) is 2.18. The quantitative estimate of drug-likeness (QED) is 0.686. The second-order valence-electron chi connectivity index (χ2n) is 4.25. The van der Waals surface area contributed by atoms with Crippen molar-refractivity contribution in [3.8, 4) is 0 Å². The molecule has 2 aliphatic rings. The first-order valence-electron chi connectivity index (χ1n) is 5.49. The van der Waals surface area contributed by atoms with Gasteiger partial charge in [-0.2, -0.15) is 0 Å². The summed E-state index contributed by atoms with van der Waals surface area (Å²) in [5.74, 6) is 0. The average molecular weight is 198 g/mol. The van der Waals surface area contributed by atoms with E-state index in [2.05, 4.69) is 5.32 Å². The van der Waals surface area contributed by atoms with Crippen molar-refractivity contribution in [2.24, 2.45) is 0 Å². The predicted octanol–water partition coefficient (Wildman–Crippen LogP) is 0.705. The smallest absolute Gasteiger partial charge is 0.317 e. The molecule has 2 rings (SSSR count). The van der Waals surface area contributed by atoms with E-state index in [0.717, 1.165) is 38.6 Å². The van der Waals surface area contributed by atoms with Gasteiger partial charge in [0, 0.05) is 12.6 Å². The van der Waals surface area contributed by atoms with Crippen LogP contribution >= 0.6 is 0 Å². The molecule has 0 spiro atoms. The van der Waals surface area contributed by atoms with Crippen LogP contribution in [0, 0.1) is 0 Å². The second kappa shape index (κ2) is 4.17. The van der Waals surface area contributed by atoms with Crippen molar-refractivity contribution in [3.63, 3.8) is 0 Å². The maximum Gasteiger partial charge on any atom is 0.317 e. The van der Waals surface area contributed by atoms with E-state index in [4.69, 9.17) is 5.11 Å². The molecule has 80 valence electrons. The lowest BCUT2D eigenvalue weighted by Crippen LogP contribution is -2.50. The summed E-state index contributed by atoms with van der Waals surface area (Å²) in [5, 5.41) is 12.1. The molecule has 1 heterocycles. The number of nitrogens with zero attached hydrogens (tertiary/aromatic N) is 1. The van der Waals surface area contributed by atoms with Gasteiger partial charge in [0.2, 0.25) is 0 Å². The van der Waals surface area contributed by atoms with E-state index in [0.29, 0.717) is 6.04 Å². The number of aliphatic hydroxyl groups excluding tert-OH is 1. The van der Waals surface area contributed by atoms with Crippen molar-refractivity contribution in [2.75, 3.05) is 13.2 Å². The lowest BCUT2D eigenvalue weighted by Gasteiger charge is -2.34. The SMILES string of the molecule is O=C(NC1CC1)N1CCCCC1CO. The summed E-state index contributed by atoms with van der Waals surface area (Å²) in [6.07, 6.45) is 5.36. The first-order chi connectivity index (χ1) is 6.81. The largest absolute Gasteiger partial charge is 0.394 e. The third-order valence-electron chi connectivity index (χ3n) is 3.00. The maximum atomic E-state index is 11.7. The fourth-order valence-electron chi connectivity index (χ4n) is 1.94. The van der Waals surface area contributed by atoms with Gasteiger partial charge in [0.25, 0.3) is 0 Å². The predicted molar refractivity (Wildman–Crippen MR) is 53.0 cm³/mol. The first-order valence-corrected chi connectivity index (χ1v) is 5.49. The summed E-state index contributed by atoms with van der Waals surface area (Å²) in [5.41, 5.74) is 0. The third-order valence-corrected chi connectivity index (χ3v) is 3.00. The number of hydrogen-bond acceptors (Lipinski definition) is 2. The minimum atomic E-state index is 0.0197. The molecule has 1 saturated heterocycles. The molecule has 0 aromatic heterocycles. The number of carbonyl (C=O) groups is 1. The van der Waals surface area contributed by atoms with Gasteiger partial charge in [0.15, 0.2) is 0 Å². The molecule has 0 radical (unpaired) electrons. The number of hydrogen-bond donors (Lipinski definition) is 2. The number of urea groups is 1. The fraction of sp³-hybridized carbons (Fsp3) is 0.900. The monoisotopic (exact) mass is 198 g/mol. The first kappa shape index (κ1) is 9.77. The van der Waals surface area contributed by atoms with E-state index in [1.54, 1.807) is 4.90 Å². The molecule has 0 bridgehead atoms. The fourth-order valence-corrected chi connectivity index (χ4v) is 1.94. The van der Waals surface area contributed by atoms with E-state index in [1.165, 1.54) is 0 Å². The lowest BCUT2D eigenvalue weighted by atomic mass is 10.0. The molecular formula is C10H18N2O2. The Kier molecular flexibility index (Phi) is 2.91. The molecule has 2 fully saturated rings. The van der Waals surface area contributed by atoms with Crippen LogP contribution in [0.4, 0.5) is 4.79 Å². The van der Waals surface area contributed by atoms with Crippen molar-refractivity contribution in [3.05, 3.63) is 0 Å². The summed E-state index contributed by atoms with van der Waals surface area (Å²) in [6.45, 7) is 0.891. The Hall–Kier alpha value is -0.770. The maximum absolute atomic E-state index is 11.7. The highest BCUT2D eigenvalue weighted by Gasteiger charge is 2.30. The van der Waals surface area contributed by atoms with Crippen molar-refractivity contribution in [1.82, 2.24) is 10.2 Å². The zero-order chi connectivity index (χ0) is 9.97. The van der Waals surface area contributed by atoms with Crippen molar-refractivity contribution >= 4 is 6.03 Å². The number of aliphatic hydroxyl groups is 1. The topological polar surface area (TPSA) is 52.6 Å². The number of piperidine rings is 1. The number of likely N-dealkylation sites (tertiary alicyclic amines) is 1. The summed E-state index contributed by atoms with van der Waals surface area (Å²) in [6, 6.07) is 0.470. The van der Waals surface area contributed by atoms with Gasteiger partial charge in [-0.3, -0.25) is 0 Å². The Labute approximate surface area is 84.3 Å². The van der Waals surface area contributed by atoms with Gasteiger partial charge >= 0.3 is 6.03 Å². The van der Waals surface area contributed by atoms with Crippen LogP contribution < -0.4 is 5.32 Å². The Morgan fingerprint density at radius 3 is 2.79 bits per heavy atom. The summed E-state index contributed by atoms with van der Waals surface area (Å²) in [4.78, 5) is 13.5. The molecule has 14 heavy (non-hydrogen) atoms. The van der Waals surface area contributed by atoms with Gasteiger partial charge in [-0.05, 0) is 32.1 Å². The van der Waals surface area contributed by atoms with Crippen LogP contribution in [0.2, 0.25) is 0 Å².